The molecule has 8 heteroatoms. The van der Waals surface area contributed by atoms with Crippen LogP contribution in [0, 0.1) is 0 Å². The fourth-order valence-corrected chi connectivity index (χ4v) is 3.02. The Labute approximate surface area is 149 Å². The lowest BCUT2D eigenvalue weighted by Crippen LogP contribution is -2.42. The van der Waals surface area contributed by atoms with E-state index in [2.05, 4.69) is 10.4 Å². The average Bonchev–Trinajstić information content (AvgIpc) is 2.75. The number of hydrazone groups is 1. The molecule has 0 aliphatic carbocycles. The fraction of sp³-hybridized carbons (Fsp3) is 0.312. The maximum absolute atomic E-state index is 12.3. The number of benzene rings is 1. The van der Waals surface area contributed by atoms with Crippen LogP contribution in [0.2, 0.25) is 10.0 Å². The largest absolute Gasteiger partial charge is 0.487 e. The van der Waals surface area contributed by atoms with E-state index in [9.17, 15) is 9.59 Å². The van der Waals surface area contributed by atoms with Gasteiger partial charge < -0.3 is 10.1 Å². The first-order valence-electron chi connectivity index (χ1n) is 7.37. The Hall–Kier alpha value is -2.05. The first-order chi connectivity index (χ1) is 11.3. The van der Waals surface area contributed by atoms with Crippen molar-refractivity contribution in [2.75, 3.05) is 6.61 Å². The highest BCUT2D eigenvalue weighted by atomic mass is 35.5. The standard InChI is InChI=1S/C16H15Cl2N3O3/c1-3-16(2)14(22)21(15(23)20-16)19-7-9-4-10-5-11(17)6-12(18)13(10)24-8-9/h4-7H,3,8H2,1-2H3,(H,20,23)/b19-7+. The number of carbonyl (C=O) groups is 2. The van der Waals surface area contributed by atoms with Crippen LogP contribution in [0.1, 0.15) is 25.8 Å². The van der Waals surface area contributed by atoms with Gasteiger partial charge in [-0.05, 0) is 31.6 Å². The summed E-state index contributed by atoms with van der Waals surface area (Å²) in [5.41, 5.74) is 0.488. The van der Waals surface area contributed by atoms with E-state index in [0.717, 1.165) is 10.6 Å². The molecule has 2 aliphatic rings. The lowest BCUT2D eigenvalue weighted by Gasteiger charge is -2.18. The van der Waals surface area contributed by atoms with Crippen molar-refractivity contribution in [1.29, 1.82) is 0 Å². The second-order valence-corrected chi connectivity index (χ2v) is 6.63. The number of rotatable bonds is 3. The molecule has 1 N–H and O–H groups in total. The predicted octanol–water partition coefficient (Wildman–Crippen LogP) is 3.48. The number of fused-ring (bicyclic) bond motifs is 1. The molecule has 0 saturated carbocycles. The van der Waals surface area contributed by atoms with E-state index < -0.39 is 11.6 Å². The van der Waals surface area contributed by atoms with Crippen LogP contribution in [0.25, 0.3) is 6.08 Å². The lowest BCUT2D eigenvalue weighted by molar-refractivity contribution is -0.130. The minimum atomic E-state index is -0.917. The van der Waals surface area contributed by atoms with Crippen molar-refractivity contribution < 1.29 is 14.3 Å². The first-order valence-corrected chi connectivity index (χ1v) is 8.13. The molecule has 1 fully saturated rings. The van der Waals surface area contributed by atoms with E-state index in [0.29, 0.717) is 27.8 Å². The molecule has 2 aliphatic heterocycles. The summed E-state index contributed by atoms with van der Waals surface area (Å²) in [6.07, 6.45) is 3.72. The Morgan fingerprint density at radius 3 is 2.83 bits per heavy atom. The molecule has 3 rings (SSSR count). The molecule has 126 valence electrons. The molecule has 24 heavy (non-hydrogen) atoms. The number of nitrogens with one attached hydrogen (secondary N) is 1. The van der Waals surface area contributed by atoms with Gasteiger partial charge in [0.25, 0.3) is 5.91 Å². The number of hydrogen-bond acceptors (Lipinski definition) is 4. The average molecular weight is 368 g/mol. The Morgan fingerprint density at radius 1 is 1.42 bits per heavy atom. The smallest absolute Gasteiger partial charge is 0.346 e. The quantitative estimate of drug-likeness (QED) is 0.656. The third kappa shape index (κ3) is 2.87. The van der Waals surface area contributed by atoms with Crippen LogP contribution in [-0.2, 0) is 4.79 Å². The zero-order valence-corrected chi connectivity index (χ0v) is 14.6. The minimum Gasteiger partial charge on any atom is -0.487 e. The molecular weight excluding hydrogens is 353 g/mol. The van der Waals surface area contributed by atoms with Crippen LogP contribution < -0.4 is 10.1 Å². The normalized spacial score (nSPS) is 23.2. The van der Waals surface area contributed by atoms with E-state index in [1.807, 2.05) is 6.92 Å². The second kappa shape index (κ2) is 6.11. The number of urea groups is 1. The molecule has 0 spiro atoms. The number of imide groups is 1. The molecule has 1 atom stereocenters. The molecule has 0 bridgehead atoms. The molecule has 1 saturated heterocycles. The number of hydrogen-bond donors (Lipinski definition) is 1. The monoisotopic (exact) mass is 367 g/mol. The van der Waals surface area contributed by atoms with Crippen LogP contribution in [-0.4, -0.2) is 35.3 Å². The van der Waals surface area contributed by atoms with Gasteiger partial charge in [0, 0.05) is 16.2 Å². The highest BCUT2D eigenvalue weighted by Crippen LogP contribution is 2.36. The predicted molar refractivity (Wildman–Crippen MR) is 92.5 cm³/mol. The van der Waals surface area contributed by atoms with Gasteiger partial charge in [-0.25, -0.2) is 4.79 Å². The third-order valence-corrected chi connectivity index (χ3v) is 4.55. The molecule has 1 unspecified atom stereocenters. The van der Waals surface area contributed by atoms with Crippen LogP contribution in [0.4, 0.5) is 4.79 Å². The highest BCUT2D eigenvalue weighted by molar-refractivity contribution is 6.36. The summed E-state index contributed by atoms with van der Waals surface area (Å²) in [6.45, 7) is 3.73. The number of nitrogens with zero attached hydrogens (tertiary/aromatic N) is 2. The van der Waals surface area contributed by atoms with Crippen molar-refractivity contribution in [2.24, 2.45) is 5.10 Å². The van der Waals surface area contributed by atoms with E-state index in [-0.39, 0.29) is 12.5 Å². The lowest BCUT2D eigenvalue weighted by atomic mass is 10.00. The van der Waals surface area contributed by atoms with Gasteiger partial charge in [0.15, 0.2) is 0 Å². The molecule has 1 aromatic rings. The van der Waals surface area contributed by atoms with Crippen LogP contribution >= 0.6 is 23.2 Å². The van der Waals surface area contributed by atoms with Gasteiger partial charge in [-0.2, -0.15) is 5.10 Å². The first kappa shape index (κ1) is 16.8. The van der Waals surface area contributed by atoms with Gasteiger partial charge in [0.05, 0.1) is 11.2 Å². The van der Waals surface area contributed by atoms with E-state index in [1.165, 1.54) is 6.21 Å². The summed E-state index contributed by atoms with van der Waals surface area (Å²) in [5.74, 6) is 0.168. The second-order valence-electron chi connectivity index (χ2n) is 5.79. The van der Waals surface area contributed by atoms with Gasteiger partial charge in [-0.3, -0.25) is 4.79 Å². The molecule has 1 aromatic carbocycles. The van der Waals surface area contributed by atoms with Crippen molar-refractivity contribution >= 4 is 47.4 Å². The number of amides is 3. The van der Waals surface area contributed by atoms with Crippen LogP contribution in [0.15, 0.2) is 22.8 Å². The Balaban J connectivity index is 1.84. The Kier molecular flexibility index (Phi) is 4.27. The minimum absolute atomic E-state index is 0.229. The summed E-state index contributed by atoms with van der Waals surface area (Å²) < 4.78 is 5.60. The van der Waals surface area contributed by atoms with E-state index >= 15 is 0 Å². The van der Waals surface area contributed by atoms with Crippen molar-refractivity contribution in [3.8, 4) is 5.75 Å². The van der Waals surface area contributed by atoms with Crippen LogP contribution in [0.3, 0.4) is 0 Å². The topological polar surface area (TPSA) is 71.0 Å². The van der Waals surface area contributed by atoms with Crippen molar-refractivity contribution in [3.63, 3.8) is 0 Å². The zero-order valence-electron chi connectivity index (χ0n) is 13.1. The van der Waals surface area contributed by atoms with E-state index in [1.54, 1.807) is 25.1 Å². The highest BCUT2D eigenvalue weighted by Gasteiger charge is 2.46. The summed E-state index contributed by atoms with van der Waals surface area (Å²) in [7, 11) is 0. The Bertz CT molecular complexity index is 791. The molecular formula is C16H15Cl2N3O3. The van der Waals surface area contributed by atoms with Gasteiger partial charge in [-0.15, -0.1) is 5.01 Å². The maximum Gasteiger partial charge on any atom is 0.346 e. The van der Waals surface area contributed by atoms with Crippen molar-refractivity contribution in [1.82, 2.24) is 10.3 Å². The molecule has 2 heterocycles. The zero-order chi connectivity index (χ0) is 17.5. The molecule has 3 amide bonds. The Morgan fingerprint density at radius 2 is 2.17 bits per heavy atom. The summed E-state index contributed by atoms with van der Waals surface area (Å²) >= 11 is 12.1. The van der Waals surface area contributed by atoms with Crippen molar-refractivity contribution in [2.45, 2.75) is 25.8 Å². The van der Waals surface area contributed by atoms with Gasteiger partial charge in [0.2, 0.25) is 0 Å². The number of halogens is 2. The van der Waals surface area contributed by atoms with Gasteiger partial charge >= 0.3 is 6.03 Å². The van der Waals surface area contributed by atoms with Crippen molar-refractivity contribution in [3.05, 3.63) is 33.3 Å². The maximum atomic E-state index is 12.3. The van der Waals surface area contributed by atoms with Gasteiger partial charge in [-0.1, -0.05) is 30.1 Å². The molecule has 0 aromatic heterocycles. The molecule has 6 nitrogen and oxygen atoms in total. The third-order valence-electron chi connectivity index (χ3n) is 4.05. The molecule has 0 radical (unpaired) electrons. The summed E-state index contributed by atoms with van der Waals surface area (Å²) in [5, 5.41) is 8.40. The van der Waals surface area contributed by atoms with E-state index in [4.69, 9.17) is 27.9 Å². The van der Waals surface area contributed by atoms with Gasteiger partial charge in [0.1, 0.15) is 17.9 Å². The number of ether oxygens (including phenoxy) is 1. The SMILES string of the molecule is CCC1(C)NC(=O)N(/N=C/C2=Cc3cc(Cl)cc(Cl)c3OC2)C1=O. The number of carbonyl (C=O) groups excluding carboxylic acids is 2. The summed E-state index contributed by atoms with van der Waals surface area (Å²) in [4.78, 5) is 24.2. The fourth-order valence-electron chi connectivity index (χ4n) is 2.46. The van der Waals surface area contributed by atoms with Crippen LogP contribution in [0.5, 0.6) is 5.75 Å². The summed E-state index contributed by atoms with van der Waals surface area (Å²) in [6, 6.07) is 2.79.